The van der Waals surface area contributed by atoms with Crippen LogP contribution in [0.2, 0.25) is 0 Å². The van der Waals surface area contributed by atoms with E-state index in [9.17, 15) is 13.5 Å². The molecular formula is C19H19NO4S. The van der Waals surface area contributed by atoms with E-state index in [0.29, 0.717) is 18.6 Å². The molecule has 2 aromatic rings. The van der Waals surface area contributed by atoms with E-state index in [1.165, 1.54) is 11.4 Å². The molecule has 2 heterocycles. The Bertz CT molecular complexity index is 951. The molecule has 5 nitrogen and oxygen atoms in total. The number of sulfonamides is 1. The Labute approximate surface area is 147 Å². The predicted molar refractivity (Wildman–Crippen MR) is 94.7 cm³/mol. The molecule has 1 N–H and O–H groups in total. The van der Waals surface area contributed by atoms with Crippen LogP contribution in [0.1, 0.15) is 23.7 Å². The Morgan fingerprint density at radius 3 is 2.72 bits per heavy atom. The van der Waals surface area contributed by atoms with Gasteiger partial charge in [-0.2, -0.15) is 4.31 Å². The standard InChI is InChI=1S/C19H19NO4S/c1-20-16(11-13-10-14-6-2-4-8-17(14)24-12-13)19(21)15-7-3-5-9-18(15)25(20,22)23/h2-10,16,19,21H,11-12H2,1H3/t16-,19-/m0/s1. The van der Waals surface area contributed by atoms with Gasteiger partial charge in [-0.1, -0.05) is 36.4 Å². The van der Waals surface area contributed by atoms with Crippen molar-refractivity contribution >= 4 is 16.1 Å². The van der Waals surface area contributed by atoms with E-state index in [4.69, 9.17) is 4.74 Å². The van der Waals surface area contributed by atoms with Crippen LogP contribution in [-0.2, 0) is 10.0 Å². The maximum atomic E-state index is 12.8. The van der Waals surface area contributed by atoms with Crippen LogP contribution in [0.25, 0.3) is 6.08 Å². The highest BCUT2D eigenvalue weighted by Crippen LogP contribution is 2.39. The van der Waals surface area contributed by atoms with E-state index in [2.05, 4.69) is 0 Å². The summed E-state index contributed by atoms with van der Waals surface area (Å²) in [7, 11) is -2.08. The van der Waals surface area contributed by atoms with Crippen molar-refractivity contribution in [3.05, 3.63) is 65.2 Å². The van der Waals surface area contributed by atoms with Gasteiger partial charge < -0.3 is 9.84 Å². The molecule has 0 saturated carbocycles. The highest BCUT2D eigenvalue weighted by Gasteiger charge is 2.41. The zero-order chi connectivity index (χ0) is 17.6. The van der Waals surface area contributed by atoms with E-state index < -0.39 is 22.2 Å². The fourth-order valence-corrected chi connectivity index (χ4v) is 5.08. The number of nitrogens with zero attached hydrogens (tertiary/aromatic N) is 1. The maximum Gasteiger partial charge on any atom is 0.243 e. The molecule has 2 aromatic carbocycles. The van der Waals surface area contributed by atoms with Crippen molar-refractivity contribution in [3.63, 3.8) is 0 Å². The average Bonchev–Trinajstić information content (AvgIpc) is 2.64. The SMILES string of the molecule is CN1[C@@H](CC2=Cc3ccccc3OC2)[C@@H](O)c2ccccc2S1(=O)=O. The number of aliphatic hydroxyl groups is 1. The van der Waals surface area contributed by atoms with Gasteiger partial charge >= 0.3 is 0 Å². The molecule has 0 bridgehead atoms. The third kappa shape index (κ3) is 2.66. The van der Waals surface area contributed by atoms with Gasteiger partial charge in [-0.25, -0.2) is 8.42 Å². The first-order chi connectivity index (χ1) is 12.0. The van der Waals surface area contributed by atoms with Gasteiger partial charge in [-0.15, -0.1) is 0 Å². The Morgan fingerprint density at radius 2 is 1.88 bits per heavy atom. The molecule has 130 valence electrons. The largest absolute Gasteiger partial charge is 0.489 e. The molecule has 2 atom stereocenters. The van der Waals surface area contributed by atoms with E-state index in [0.717, 1.165) is 16.9 Å². The first-order valence-corrected chi connectivity index (χ1v) is 9.59. The zero-order valence-corrected chi connectivity index (χ0v) is 14.6. The van der Waals surface area contributed by atoms with Gasteiger partial charge in [0.25, 0.3) is 0 Å². The van der Waals surface area contributed by atoms with Crippen molar-refractivity contribution in [1.82, 2.24) is 4.31 Å². The lowest BCUT2D eigenvalue weighted by Gasteiger charge is -2.37. The van der Waals surface area contributed by atoms with Crippen molar-refractivity contribution in [1.29, 1.82) is 0 Å². The fourth-order valence-electron chi connectivity index (χ4n) is 3.49. The third-order valence-corrected chi connectivity index (χ3v) is 6.85. The molecule has 2 aliphatic rings. The average molecular weight is 357 g/mol. The van der Waals surface area contributed by atoms with E-state index >= 15 is 0 Å². The van der Waals surface area contributed by atoms with Crippen molar-refractivity contribution in [2.75, 3.05) is 13.7 Å². The van der Waals surface area contributed by atoms with Crippen molar-refractivity contribution < 1.29 is 18.3 Å². The summed E-state index contributed by atoms with van der Waals surface area (Å²) in [5.41, 5.74) is 2.40. The maximum absolute atomic E-state index is 12.8. The molecule has 0 spiro atoms. The molecule has 0 radical (unpaired) electrons. The summed E-state index contributed by atoms with van der Waals surface area (Å²) in [6.07, 6.45) is 1.56. The van der Waals surface area contributed by atoms with Gasteiger partial charge in [-0.3, -0.25) is 0 Å². The fraction of sp³-hybridized carbons (Fsp3) is 0.263. The van der Waals surface area contributed by atoms with Crippen LogP contribution in [0.5, 0.6) is 5.75 Å². The molecule has 4 rings (SSSR count). The number of benzene rings is 2. The second kappa shape index (κ2) is 5.98. The lowest BCUT2D eigenvalue weighted by atomic mass is 9.94. The Kier molecular flexibility index (Phi) is 3.91. The number of hydrogen-bond acceptors (Lipinski definition) is 4. The second-order valence-electron chi connectivity index (χ2n) is 6.40. The minimum absolute atomic E-state index is 0.181. The van der Waals surface area contributed by atoms with Crippen LogP contribution >= 0.6 is 0 Å². The Balaban J connectivity index is 1.69. The van der Waals surface area contributed by atoms with Gasteiger partial charge in [0.15, 0.2) is 0 Å². The molecule has 2 aliphatic heterocycles. The third-order valence-electron chi connectivity index (χ3n) is 4.89. The van der Waals surface area contributed by atoms with E-state index in [1.807, 2.05) is 30.3 Å². The minimum atomic E-state index is -3.61. The molecule has 0 aliphatic carbocycles. The monoisotopic (exact) mass is 357 g/mol. The smallest absolute Gasteiger partial charge is 0.243 e. The summed E-state index contributed by atoms with van der Waals surface area (Å²) in [4.78, 5) is 0.181. The number of ether oxygens (including phenoxy) is 1. The summed E-state index contributed by atoms with van der Waals surface area (Å²) in [6.45, 7) is 0.399. The van der Waals surface area contributed by atoms with Crippen molar-refractivity contribution in [2.24, 2.45) is 0 Å². The molecule has 0 unspecified atom stereocenters. The highest BCUT2D eigenvalue weighted by molar-refractivity contribution is 7.89. The summed E-state index contributed by atoms with van der Waals surface area (Å²) in [5, 5.41) is 10.8. The number of rotatable bonds is 2. The lowest BCUT2D eigenvalue weighted by Crippen LogP contribution is -2.45. The topological polar surface area (TPSA) is 66.8 Å². The quantitative estimate of drug-likeness (QED) is 0.897. The Hall–Kier alpha value is -2.15. The number of hydrogen-bond donors (Lipinski definition) is 1. The summed E-state index contributed by atoms with van der Waals surface area (Å²) >= 11 is 0. The first kappa shape index (κ1) is 16.3. The number of para-hydroxylation sites is 1. The van der Waals surface area contributed by atoms with Gasteiger partial charge in [-0.05, 0) is 30.2 Å². The van der Waals surface area contributed by atoms with Crippen LogP contribution in [0.4, 0.5) is 0 Å². The van der Waals surface area contributed by atoms with Crippen LogP contribution in [0.15, 0.2) is 59.0 Å². The normalized spacial score (nSPS) is 24.6. The number of aliphatic hydroxyl groups excluding tert-OH is 1. The van der Waals surface area contributed by atoms with Gasteiger partial charge in [0, 0.05) is 18.2 Å². The van der Waals surface area contributed by atoms with Gasteiger partial charge in [0.05, 0.1) is 17.0 Å². The van der Waals surface area contributed by atoms with E-state index in [-0.39, 0.29) is 4.90 Å². The second-order valence-corrected chi connectivity index (χ2v) is 8.37. The van der Waals surface area contributed by atoms with Gasteiger partial charge in [0.1, 0.15) is 12.4 Å². The molecule has 0 fully saturated rings. The minimum Gasteiger partial charge on any atom is -0.489 e. The number of likely N-dealkylation sites (N-methyl/N-ethyl adjacent to an activating group) is 1. The van der Waals surface area contributed by atoms with Crippen LogP contribution in [0.3, 0.4) is 0 Å². The first-order valence-electron chi connectivity index (χ1n) is 8.15. The lowest BCUT2D eigenvalue weighted by molar-refractivity contribution is 0.0879. The van der Waals surface area contributed by atoms with Gasteiger partial charge in [0.2, 0.25) is 10.0 Å². The van der Waals surface area contributed by atoms with E-state index in [1.54, 1.807) is 24.3 Å². The molecule has 25 heavy (non-hydrogen) atoms. The molecular weight excluding hydrogens is 338 g/mol. The molecule has 0 saturated heterocycles. The van der Waals surface area contributed by atoms with Crippen LogP contribution in [-0.4, -0.2) is 37.5 Å². The van der Waals surface area contributed by atoms with Crippen molar-refractivity contribution in [2.45, 2.75) is 23.5 Å². The predicted octanol–water partition coefficient (Wildman–Crippen LogP) is 2.59. The zero-order valence-electron chi connectivity index (χ0n) is 13.8. The summed E-state index contributed by atoms with van der Waals surface area (Å²) in [6, 6.07) is 13.8. The highest BCUT2D eigenvalue weighted by atomic mass is 32.2. The summed E-state index contributed by atoms with van der Waals surface area (Å²) < 4.78 is 32.6. The Morgan fingerprint density at radius 1 is 1.16 bits per heavy atom. The van der Waals surface area contributed by atoms with Crippen LogP contribution in [0, 0.1) is 0 Å². The summed E-state index contributed by atoms with van der Waals surface area (Å²) in [5.74, 6) is 0.821. The van der Waals surface area contributed by atoms with Crippen molar-refractivity contribution in [3.8, 4) is 5.75 Å². The molecule has 6 heteroatoms. The number of fused-ring (bicyclic) bond motifs is 2. The molecule has 0 amide bonds. The molecule has 0 aromatic heterocycles. The van der Waals surface area contributed by atoms with Crippen LogP contribution < -0.4 is 4.74 Å².